The lowest BCUT2D eigenvalue weighted by Crippen LogP contribution is -2.36. The number of carbonyl (C=O) groups is 2. The van der Waals surface area contributed by atoms with Crippen molar-refractivity contribution >= 4 is 112 Å². The van der Waals surface area contributed by atoms with Gasteiger partial charge in [0, 0.05) is 12.8 Å². The van der Waals surface area contributed by atoms with Crippen LogP contribution in [0.1, 0.15) is 57.1 Å². The molecule has 314 valence electrons. The zero-order valence-corrected chi connectivity index (χ0v) is 40.3. The van der Waals surface area contributed by atoms with Crippen LogP contribution in [0, 0.1) is 0 Å². The first-order valence-electron chi connectivity index (χ1n) is 16.6. The molecule has 0 saturated heterocycles. The second kappa shape index (κ2) is 31.6. The van der Waals surface area contributed by atoms with Gasteiger partial charge < -0.3 is 35.7 Å². The number of nitrogens with two attached hydrogens (primary N) is 2. The Hall–Kier alpha value is -3.40. The van der Waals surface area contributed by atoms with Crippen molar-refractivity contribution in [3.8, 4) is 17.6 Å². The molecule has 0 aromatic carbocycles. The number of oxime groups is 2. The molecule has 0 aliphatic carbocycles. The maximum atomic E-state index is 11.0. The number of nitrogens with one attached hydrogen (secondary N) is 1. The molecule has 1 aliphatic heterocycles. The molecule has 0 saturated carbocycles. The number of ether oxygens (including phenoxy) is 3. The van der Waals surface area contributed by atoms with Crippen molar-refractivity contribution in [1.82, 2.24) is 20.4 Å². The number of halogens is 4. The first-order chi connectivity index (χ1) is 27.2. The molecule has 4 heterocycles. The van der Waals surface area contributed by atoms with E-state index in [2.05, 4.69) is 118 Å². The first kappa shape index (κ1) is 53.6. The van der Waals surface area contributed by atoms with Crippen LogP contribution >= 0.6 is 71.1 Å². The molecule has 3 aromatic rings. The van der Waals surface area contributed by atoms with Gasteiger partial charge in [-0.15, -0.1) is 0 Å². The molecule has 17 nitrogen and oxygen atoms in total. The van der Waals surface area contributed by atoms with Crippen LogP contribution in [0.3, 0.4) is 0 Å². The van der Waals surface area contributed by atoms with Crippen molar-refractivity contribution in [3.63, 3.8) is 0 Å². The molecule has 0 amide bonds. The summed E-state index contributed by atoms with van der Waals surface area (Å²) in [6.45, 7) is 8.09. The van der Waals surface area contributed by atoms with E-state index in [0.717, 1.165) is 18.2 Å². The van der Waals surface area contributed by atoms with E-state index < -0.39 is 0 Å². The van der Waals surface area contributed by atoms with E-state index in [1.165, 1.54) is 14.2 Å². The van der Waals surface area contributed by atoms with E-state index in [0.29, 0.717) is 74.3 Å². The van der Waals surface area contributed by atoms with Gasteiger partial charge in [-0.3, -0.25) is 19.4 Å². The Bertz CT molecular complexity index is 1810. The molecule has 0 bridgehead atoms. The summed E-state index contributed by atoms with van der Waals surface area (Å²) in [4.78, 5) is 48.2. The summed E-state index contributed by atoms with van der Waals surface area (Å²) >= 11 is 17.3. The summed E-state index contributed by atoms with van der Waals surface area (Å²) in [6.07, 6.45) is 1.99. The molecule has 1 unspecified atom stereocenters. The lowest BCUT2D eigenvalue weighted by molar-refractivity contribution is -0.123. The molecule has 1 atom stereocenters. The van der Waals surface area contributed by atoms with Gasteiger partial charge in [-0.05, 0) is 105 Å². The highest BCUT2D eigenvalue weighted by Gasteiger charge is 2.17. The van der Waals surface area contributed by atoms with E-state index in [4.69, 9.17) is 40.6 Å². The zero-order valence-electron chi connectivity index (χ0n) is 32.3. The molecular weight excluding hydrogens is 1050 g/mol. The summed E-state index contributed by atoms with van der Waals surface area (Å²) in [5.74, 6) is 2.22. The Morgan fingerprint density at radius 2 is 1.35 bits per heavy atom. The summed E-state index contributed by atoms with van der Waals surface area (Å²) in [5, 5.41) is 15.3. The van der Waals surface area contributed by atoms with Crippen LogP contribution in [0.15, 0.2) is 65.1 Å². The fourth-order valence-electron chi connectivity index (χ4n) is 3.37. The van der Waals surface area contributed by atoms with Gasteiger partial charge in [0.2, 0.25) is 17.6 Å². The number of hydrogen-bond donors (Lipinski definition) is 4. The fourth-order valence-corrected chi connectivity index (χ4v) is 4.91. The number of pyridine rings is 3. The van der Waals surface area contributed by atoms with Crippen molar-refractivity contribution in [1.29, 1.82) is 0 Å². The molecular formula is C34H46Br4N9O8PS. The molecule has 0 spiro atoms. The Kier molecular flexibility index (Phi) is 29.7. The third-order valence-electron chi connectivity index (χ3n) is 6.45. The predicted molar refractivity (Wildman–Crippen MR) is 239 cm³/mol. The van der Waals surface area contributed by atoms with Crippen LogP contribution in [0.25, 0.3) is 0 Å². The molecule has 57 heavy (non-hydrogen) atoms. The van der Waals surface area contributed by atoms with Crippen LogP contribution < -0.4 is 31.2 Å². The molecule has 4 rings (SSSR count). The first-order valence-corrected chi connectivity index (χ1v) is 22.4. The number of carbonyl (C=O) groups excluding carboxylic acids is 2. The third-order valence-corrected chi connectivity index (χ3v) is 8.89. The van der Waals surface area contributed by atoms with E-state index in [1.54, 1.807) is 38.3 Å². The van der Waals surface area contributed by atoms with Gasteiger partial charge in [0.25, 0.3) is 0 Å². The summed E-state index contributed by atoms with van der Waals surface area (Å²) in [6, 6.07) is 10.6. The largest absolute Gasteiger partial charge is 0.480 e. The van der Waals surface area contributed by atoms with Gasteiger partial charge in [0.05, 0.1) is 52.7 Å². The highest BCUT2D eigenvalue weighted by Crippen LogP contribution is 2.24. The van der Waals surface area contributed by atoms with Crippen LogP contribution in [0.2, 0.25) is 0 Å². The van der Waals surface area contributed by atoms with Crippen molar-refractivity contribution < 1.29 is 38.7 Å². The molecule has 6 N–H and O–H groups in total. The van der Waals surface area contributed by atoms with Gasteiger partial charge in [0.15, 0.2) is 29.9 Å². The summed E-state index contributed by atoms with van der Waals surface area (Å²) in [5.41, 5.74) is 15.3. The fraction of sp³-hybridized carbons (Fsp3) is 0.412. The Balaban J connectivity index is 0.000000752. The monoisotopic (exact) mass is 1090 g/mol. The number of ketones is 2. The average Bonchev–Trinajstić information content (AvgIpc) is 3.24. The summed E-state index contributed by atoms with van der Waals surface area (Å²) < 4.78 is 17.3. The standard InChI is InChI=1S/C11H14BrN3O3.C11H14BrN3O2.C7H8BrN3O2.C4H7BrO.CH3PS/c1-3-7(16)6-18-15-10(13)9-5-4-8(12)11(14-9)17-2;1-3-7-6-17-15-10(13-7)9-5-4-8(12)11(14-9)16-2;1-13-7-4(8)2-3-5(10-7)6(9)11-12;1-2-4(6)3-5;1-2-3/h4-5H,3,6H2,1-2H3,(H2,13,15);4-5,7H,3,6H2,1-2H3,(H,13,15);2-3,12H,1H3,(H2,9,11);2-3H2,1H3;1H3. The van der Waals surface area contributed by atoms with Gasteiger partial charge in [-0.1, -0.05) is 58.8 Å². The van der Waals surface area contributed by atoms with Crippen LogP contribution in [0.4, 0.5) is 0 Å². The molecule has 1 aliphatic rings. The topological polar surface area (TPSA) is 240 Å². The molecule has 3 aromatic heterocycles. The van der Waals surface area contributed by atoms with Crippen LogP contribution in [-0.4, -0.2) is 102 Å². The highest BCUT2D eigenvalue weighted by atomic mass is 79.9. The Morgan fingerprint density at radius 3 is 1.77 bits per heavy atom. The van der Waals surface area contributed by atoms with Crippen molar-refractivity contribution in [2.45, 2.75) is 46.1 Å². The minimum Gasteiger partial charge on any atom is -0.480 e. The zero-order chi connectivity index (χ0) is 43.3. The van der Waals surface area contributed by atoms with Gasteiger partial charge >= 0.3 is 0 Å². The Morgan fingerprint density at radius 1 is 0.877 bits per heavy atom. The number of nitrogens with zero attached hydrogens (tertiary/aromatic N) is 6. The van der Waals surface area contributed by atoms with E-state index in [-0.39, 0.29) is 35.9 Å². The molecule has 23 heteroatoms. The number of alkyl halides is 1. The molecule has 0 radical (unpaired) electrons. The number of aliphatic imine (C=N–C) groups is 1. The van der Waals surface area contributed by atoms with Gasteiger partial charge in [0.1, 0.15) is 22.9 Å². The molecule has 0 fully saturated rings. The number of aromatic nitrogens is 3. The van der Waals surface area contributed by atoms with E-state index in [1.807, 2.05) is 25.7 Å². The second-order valence-electron chi connectivity index (χ2n) is 10.4. The van der Waals surface area contributed by atoms with Crippen LogP contribution in [-0.2, 0) is 31.1 Å². The number of amidine groups is 3. The van der Waals surface area contributed by atoms with Crippen molar-refractivity contribution in [2.24, 2.45) is 26.8 Å². The SMILES string of the molecule is CCC(=O)CBr.CCC(=O)CO/N=C(\N)c1ccc(Br)c(OC)n1.CCC1CONC(c2ccc(Br)c(OC)n2)=N1.COc1nc(/C(N)=N/O)ccc1Br.CP=S. The number of hydrogen-bond acceptors (Lipinski definition) is 16. The second-order valence-corrected chi connectivity index (χ2v) is 14.9. The Labute approximate surface area is 372 Å². The van der Waals surface area contributed by atoms with Gasteiger partial charge in [-0.25, -0.2) is 20.4 Å². The maximum Gasteiger partial charge on any atom is 0.228 e. The minimum absolute atomic E-state index is 0.0482. The normalized spacial score (nSPS) is 13.2. The number of hydroxylamine groups is 1. The highest BCUT2D eigenvalue weighted by molar-refractivity contribution is 9.11. The van der Waals surface area contributed by atoms with E-state index in [9.17, 15) is 9.59 Å². The van der Waals surface area contributed by atoms with E-state index >= 15 is 0 Å². The van der Waals surface area contributed by atoms with Crippen molar-refractivity contribution in [3.05, 3.63) is 66.9 Å². The van der Waals surface area contributed by atoms with Crippen LogP contribution in [0.5, 0.6) is 17.6 Å². The smallest absolute Gasteiger partial charge is 0.228 e. The number of Topliss-reactive ketones (excluding diaryl/α,β-unsaturated/α-hetero) is 2. The lowest BCUT2D eigenvalue weighted by Gasteiger charge is -2.20. The average molecular weight is 1090 g/mol. The quantitative estimate of drug-likeness (QED) is 0.0347. The minimum atomic E-state index is -0.0924. The lowest BCUT2D eigenvalue weighted by atomic mass is 10.2. The maximum absolute atomic E-state index is 11.0. The van der Waals surface area contributed by atoms with Gasteiger partial charge in [-0.2, -0.15) is 0 Å². The predicted octanol–water partition coefficient (Wildman–Crippen LogP) is 6.71. The third kappa shape index (κ3) is 21.3. The number of rotatable bonds is 13. The summed E-state index contributed by atoms with van der Waals surface area (Å²) in [7, 11) is 5.57. The number of methoxy groups -OCH3 is 3. The van der Waals surface area contributed by atoms with Crippen molar-refractivity contribution in [2.75, 3.05) is 46.5 Å².